The zero-order valence-corrected chi connectivity index (χ0v) is 16.2. The first kappa shape index (κ1) is 19.7. The number of carbonyl (C=O) groups excluding carboxylic acids is 2. The van der Waals surface area contributed by atoms with Gasteiger partial charge < -0.3 is 29.4 Å². The van der Waals surface area contributed by atoms with Gasteiger partial charge in [0.2, 0.25) is 5.91 Å². The van der Waals surface area contributed by atoms with Gasteiger partial charge in [-0.05, 0) is 31.5 Å². The minimum Gasteiger partial charge on any atom is -0.493 e. The quantitative estimate of drug-likeness (QED) is 0.763. The fourth-order valence-corrected chi connectivity index (χ4v) is 3.11. The third-order valence-corrected chi connectivity index (χ3v) is 4.66. The Kier molecular flexibility index (Phi) is 5.84. The van der Waals surface area contributed by atoms with Crippen LogP contribution in [0, 0.1) is 13.8 Å². The highest BCUT2D eigenvalue weighted by Gasteiger charge is 2.36. The van der Waals surface area contributed by atoms with Crippen LogP contribution in [0.15, 0.2) is 22.7 Å². The van der Waals surface area contributed by atoms with Crippen LogP contribution in [-0.4, -0.2) is 43.9 Å². The maximum atomic E-state index is 12.8. The first-order valence-electron chi connectivity index (χ1n) is 8.77. The van der Waals surface area contributed by atoms with Crippen LogP contribution < -0.4 is 20.1 Å². The summed E-state index contributed by atoms with van der Waals surface area (Å²) in [7, 11) is 3.05. The van der Waals surface area contributed by atoms with Crippen LogP contribution in [0.3, 0.4) is 0 Å². The Morgan fingerprint density at radius 3 is 2.68 bits per heavy atom. The monoisotopic (exact) mass is 389 g/mol. The first-order chi connectivity index (χ1) is 13.4. The van der Waals surface area contributed by atoms with Crippen molar-refractivity contribution in [1.82, 2.24) is 15.8 Å². The van der Waals surface area contributed by atoms with E-state index in [1.807, 2.05) is 6.92 Å². The number of benzene rings is 1. The summed E-state index contributed by atoms with van der Waals surface area (Å²) in [4.78, 5) is 24.7. The largest absolute Gasteiger partial charge is 0.493 e. The molecule has 28 heavy (non-hydrogen) atoms. The van der Waals surface area contributed by atoms with Gasteiger partial charge in [-0.2, -0.15) is 0 Å². The van der Waals surface area contributed by atoms with Gasteiger partial charge in [0.05, 0.1) is 26.0 Å². The Bertz CT molecular complexity index is 859. The fraction of sp³-hybridized carbons (Fsp3) is 0.421. The van der Waals surface area contributed by atoms with Crippen molar-refractivity contribution in [2.75, 3.05) is 20.8 Å². The van der Waals surface area contributed by atoms with Gasteiger partial charge in [0.15, 0.2) is 17.6 Å². The lowest BCUT2D eigenvalue weighted by Gasteiger charge is -2.32. The second-order valence-electron chi connectivity index (χ2n) is 6.41. The summed E-state index contributed by atoms with van der Waals surface area (Å²) in [5, 5.41) is 9.52. The average Bonchev–Trinajstić information content (AvgIpc) is 3.03. The zero-order chi connectivity index (χ0) is 20.3. The number of morpholine rings is 1. The molecule has 1 saturated heterocycles. The molecule has 0 unspecified atom stereocenters. The summed E-state index contributed by atoms with van der Waals surface area (Å²) >= 11 is 0. The zero-order valence-electron chi connectivity index (χ0n) is 16.2. The standard InChI is InChI=1S/C19H23N3O6/c1-10-13(11(2)28-22-10)8-20-19(24)18-17(21-16(23)9-27-18)12-5-6-14(25-3)15(7-12)26-4/h5-7,17-18H,8-9H2,1-4H3,(H,20,24)(H,21,23)/t17-,18+/m1/s1. The molecule has 0 saturated carbocycles. The van der Waals surface area contributed by atoms with Crippen LogP contribution in [0.2, 0.25) is 0 Å². The Hall–Kier alpha value is -3.07. The molecule has 9 heteroatoms. The van der Waals surface area contributed by atoms with E-state index in [1.54, 1.807) is 25.1 Å². The molecule has 1 fully saturated rings. The predicted octanol–water partition coefficient (Wildman–Crippen LogP) is 1.18. The van der Waals surface area contributed by atoms with E-state index < -0.39 is 12.1 Å². The number of hydrogen-bond acceptors (Lipinski definition) is 7. The highest BCUT2D eigenvalue weighted by atomic mass is 16.5. The first-order valence-corrected chi connectivity index (χ1v) is 8.77. The minimum atomic E-state index is -0.892. The van der Waals surface area contributed by atoms with Crippen molar-refractivity contribution in [2.45, 2.75) is 32.5 Å². The van der Waals surface area contributed by atoms with Crippen molar-refractivity contribution in [1.29, 1.82) is 0 Å². The molecular formula is C19H23N3O6. The smallest absolute Gasteiger partial charge is 0.251 e. The third kappa shape index (κ3) is 3.94. The SMILES string of the molecule is COc1ccc([C@H]2NC(=O)CO[C@@H]2C(=O)NCc2c(C)noc2C)cc1OC. The molecule has 150 valence electrons. The molecule has 1 aliphatic heterocycles. The van der Waals surface area contributed by atoms with Gasteiger partial charge in [-0.1, -0.05) is 11.2 Å². The van der Waals surface area contributed by atoms with Gasteiger partial charge in [-0.25, -0.2) is 0 Å². The van der Waals surface area contributed by atoms with E-state index in [1.165, 1.54) is 14.2 Å². The number of methoxy groups -OCH3 is 2. The van der Waals surface area contributed by atoms with Crippen molar-refractivity contribution in [3.63, 3.8) is 0 Å². The number of nitrogens with zero attached hydrogens (tertiary/aromatic N) is 1. The molecular weight excluding hydrogens is 366 g/mol. The van der Waals surface area contributed by atoms with E-state index in [9.17, 15) is 9.59 Å². The topological polar surface area (TPSA) is 112 Å². The number of nitrogens with one attached hydrogen (secondary N) is 2. The van der Waals surface area contributed by atoms with Crippen molar-refractivity contribution >= 4 is 11.8 Å². The molecule has 2 amide bonds. The lowest BCUT2D eigenvalue weighted by molar-refractivity contribution is -0.148. The Morgan fingerprint density at radius 2 is 2.04 bits per heavy atom. The van der Waals surface area contributed by atoms with Crippen molar-refractivity contribution in [3.8, 4) is 11.5 Å². The molecule has 3 rings (SSSR count). The van der Waals surface area contributed by atoms with Crippen molar-refractivity contribution in [3.05, 3.63) is 40.8 Å². The lowest BCUT2D eigenvalue weighted by atomic mass is 9.98. The van der Waals surface area contributed by atoms with Gasteiger partial charge in [0.1, 0.15) is 12.4 Å². The minimum absolute atomic E-state index is 0.187. The van der Waals surface area contributed by atoms with Crippen LogP contribution >= 0.6 is 0 Å². The maximum absolute atomic E-state index is 12.8. The summed E-state index contributed by atoms with van der Waals surface area (Å²) < 4.78 is 21.2. The van der Waals surface area contributed by atoms with Crippen molar-refractivity contribution < 1.29 is 28.3 Å². The molecule has 0 radical (unpaired) electrons. The van der Waals surface area contributed by atoms with Gasteiger partial charge in [-0.15, -0.1) is 0 Å². The molecule has 1 aliphatic rings. The summed E-state index contributed by atoms with van der Waals surface area (Å²) in [5.41, 5.74) is 2.20. The number of carbonyl (C=O) groups is 2. The second kappa shape index (κ2) is 8.30. The number of ether oxygens (including phenoxy) is 3. The van der Waals surface area contributed by atoms with Gasteiger partial charge >= 0.3 is 0 Å². The van der Waals surface area contributed by atoms with Gasteiger partial charge in [0, 0.05) is 12.1 Å². The van der Waals surface area contributed by atoms with E-state index in [4.69, 9.17) is 18.7 Å². The Labute approximate surface area is 162 Å². The molecule has 9 nitrogen and oxygen atoms in total. The van der Waals surface area contributed by atoms with Crippen molar-refractivity contribution in [2.24, 2.45) is 0 Å². The molecule has 2 N–H and O–H groups in total. The van der Waals surface area contributed by atoms with Crippen LogP contribution in [0.4, 0.5) is 0 Å². The van der Waals surface area contributed by atoms with Gasteiger partial charge in [-0.3, -0.25) is 9.59 Å². The number of hydrogen-bond donors (Lipinski definition) is 2. The van der Waals surface area contributed by atoms with E-state index in [0.717, 1.165) is 5.56 Å². The lowest BCUT2D eigenvalue weighted by Crippen LogP contribution is -2.52. The molecule has 0 bridgehead atoms. The second-order valence-corrected chi connectivity index (χ2v) is 6.41. The third-order valence-electron chi connectivity index (χ3n) is 4.66. The van der Waals surface area contributed by atoms with Crippen LogP contribution in [0.25, 0.3) is 0 Å². The highest BCUT2D eigenvalue weighted by Crippen LogP contribution is 2.32. The number of aryl methyl sites for hydroxylation is 2. The summed E-state index contributed by atoms with van der Waals surface area (Å²) in [6, 6.07) is 4.53. The van der Waals surface area contributed by atoms with E-state index in [0.29, 0.717) is 28.5 Å². The predicted molar refractivity (Wildman–Crippen MR) is 98.0 cm³/mol. The number of amides is 2. The molecule has 1 aromatic heterocycles. The van der Waals surface area contributed by atoms with Crippen LogP contribution in [0.1, 0.15) is 28.6 Å². The molecule has 0 aliphatic carbocycles. The fourth-order valence-electron chi connectivity index (χ4n) is 3.11. The molecule has 2 heterocycles. The Balaban J connectivity index is 1.80. The van der Waals surface area contributed by atoms with Crippen LogP contribution in [-0.2, 0) is 20.9 Å². The van der Waals surface area contributed by atoms with Gasteiger partial charge in [0.25, 0.3) is 5.91 Å². The molecule has 2 aromatic rings. The van der Waals surface area contributed by atoms with E-state index >= 15 is 0 Å². The number of aromatic nitrogens is 1. The highest BCUT2D eigenvalue weighted by molar-refractivity contribution is 5.86. The normalized spacial score (nSPS) is 19.1. The van der Waals surface area contributed by atoms with E-state index in [-0.39, 0.29) is 25.0 Å². The Morgan fingerprint density at radius 1 is 1.29 bits per heavy atom. The summed E-state index contributed by atoms with van der Waals surface area (Å²) in [5.74, 6) is 1.05. The molecule has 1 aromatic carbocycles. The average molecular weight is 389 g/mol. The van der Waals surface area contributed by atoms with E-state index in [2.05, 4.69) is 15.8 Å². The van der Waals surface area contributed by atoms with Crippen LogP contribution in [0.5, 0.6) is 11.5 Å². The molecule has 0 spiro atoms. The number of rotatable bonds is 6. The summed E-state index contributed by atoms with van der Waals surface area (Å²) in [6.07, 6.45) is -0.892. The summed E-state index contributed by atoms with van der Waals surface area (Å²) in [6.45, 7) is 3.66. The maximum Gasteiger partial charge on any atom is 0.251 e. The molecule has 2 atom stereocenters.